The average Bonchev–Trinajstić information content (AvgIpc) is 2.60. The van der Waals surface area contributed by atoms with E-state index in [-0.39, 0.29) is 0 Å². The van der Waals surface area contributed by atoms with E-state index in [1.807, 2.05) is 6.07 Å². The predicted octanol–water partition coefficient (Wildman–Crippen LogP) is 4.62. The lowest BCUT2D eigenvalue weighted by molar-refractivity contribution is -0.138. The Morgan fingerprint density at radius 3 is 2.76 bits per heavy atom. The summed E-state index contributed by atoms with van der Waals surface area (Å²) in [4.78, 5) is 2.12. The first kappa shape index (κ1) is 16.5. The normalized spacial score (nSPS) is 17.6. The summed E-state index contributed by atoms with van der Waals surface area (Å²) in [5, 5.41) is 3.39. The number of anilines is 1. The van der Waals surface area contributed by atoms with E-state index in [2.05, 4.69) is 28.4 Å². The van der Waals surface area contributed by atoms with Crippen LogP contribution in [0.25, 0.3) is 0 Å². The summed E-state index contributed by atoms with van der Waals surface area (Å²) in [5.74, 6) is 0. The molecule has 0 saturated heterocycles. The van der Waals surface area contributed by atoms with E-state index >= 15 is 0 Å². The maximum absolute atomic E-state index is 13.3. The second kappa shape index (κ2) is 6.37. The molecule has 2 aliphatic heterocycles. The van der Waals surface area contributed by atoms with Gasteiger partial charge in [0.25, 0.3) is 0 Å². The van der Waals surface area contributed by atoms with Crippen molar-refractivity contribution in [3.8, 4) is 0 Å². The van der Waals surface area contributed by atoms with E-state index in [0.717, 1.165) is 31.5 Å². The van der Waals surface area contributed by atoms with Crippen LogP contribution < -0.4 is 5.32 Å². The molecule has 5 heteroatoms. The van der Waals surface area contributed by atoms with Crippen molar-refractivity contribution >= 4 is 5.69 Å². The number of nitrogens with zero attached hydrogens (tertiary/aromatic N) is 1. The number of alkyl halides is 3. The van der Waals surface area contributed by atoms with E-state index in [4.69, 9.17) is 0 Å². The molecule has 4 rings (SSSR count). The number of hydrogen-bond donors (Lipinski definition) is 1. The Bertz CT molecular complexity index is 783. The van der Waals surface area contributed by atoms with Crippen molar-refractivity contribution in [3.05, 3.63) is 64.2 Å². The number of benzene rings is 2. The van der Waals surface area contributed by atoms with Crippen LogP contribution in [0.3, 0.4) is 0 Å². The lowest BCUT2D eigenvalue weighted by Crippen LogP contribution is -2.32. The van der Waals surface area contributed by atoms with Crippen LogP contribution in [0.5, 0.6) is 0 Å². The molecule has 0 fully saturated rings. The highest BCUT2D eigenvalue weighted by atomic mass is 19.4. The van der Waals surface area contributed by atoms with Gasteiger partial charge >= 0.3 is 6.18 Å². The quantitative estimate of drug-likeness (QED) is 0.853. The molecule has 132 valence electrons. The molecule has 0 bridgehead atoms. The summed E-state index contributed by atoms with van der Waals surface area (Å²) in [6, 6.07) is 10.9. The SMILES string of the molecule is FC(F)(F)c1cccc2c1CN(Cc1ccc3c(c1)CCCN3)CC2. The summed E-state index contributed by atoms with van der Waals surface area (Å²) >= 11 is 0. The minimum atomic E-state index is -4.29. The third-order valence-electron chi connectivity index (χ3n) is 5.17. The van der Waals surface area contributed by atoms with Gasteiger partial charge in [0, 0.05) is 31.9 Å². The van der Waals surface area contributed by atoms with Crippen LogP contribution in [-0.2, 0) is 32.1 Å². The maximum atomic E-state index is 13.3. The number of rotatable bonds is 2. The largest absolute Gasteiger partial charge is 0.416 e. The van der Waals surface area contributed by atoms with E-state index in [1.54, 1.807) is 0 Å². The van der Waals surface area contributed by atoms with Crippen LogP contribution in [0.4, 0.5) is 18.9 Å². The molecule has 0 aliphatic carbocycles. The lowest BCUT2D eigenvalue weighted by atomic mass is 9.94. The Morgan fingerprint density at radius 1 is 1.04 bits per heavy atom. The molecule has 1 N–H and O–H groups in total. The topological polar surface area (TPSA) is 15.3 Å². The van der Waals surface area contributed by atoms with Crippen LogP contribution in [0.15, 0.2) is 36.4 Å². The summed E-state index contributed by atoms with van der Waals surface area (Å²) in [6.07, 6.45) is -1.42. The van der Waals surface area contributed by atoms with E-state index in [0.29, 0.717) is 25.1 Å². The molecule has 0 radical (unpaired) electrons. The van der Waals surface area contributed by atoms with Crippen LogP contribution >= 0.6 is 0 Å². The molecule has 2 nitrogen and oxygen atoms in total. The van der Waals surface area contributed by atoms with E-state index in [1.165, 1.54) is 28.9 Å². The van der Waals surface area contributed by atoms with Gasteiger partial charge in [-0.2, -0.15) is 13.2 Å². The molecule has 2 aliphatic rings. The van der Waals surface area contributed by atoms with Gasteiger partial charge in [0.1, 0.15) is 0 Å². The summed E-state index contributed by atoms with van der Waals surface area (Å²) in [6.45, 7) is 2.86. The highest BCUT2D eigenvalue weighted by Gasteiger charge is 2.35. The Balaban J connectivity index is 1.55. The van der Waals surface area contributed by atoms with Crippen molar-refractivity contribution in [2.75, 3.05) is 18.4 Å². The predicted molar refractivity (Wildman–Crippen MR) is 92.5 cm³/mol. The van der Waals surface area contributed by atoms with Gasteiger partial charge in [0.05, 0.1) is 5.56 Å². The third-order valence-corrected chi connectivity index (χ3v) is 5.17. The molecular weight excluding hydrogens is 325 g/mol. The third kappa shape index (κ3) is 3.38. The van der Waals surface area contributed by atoms with E-state index in [9.17, 15) is 13.2 Å². The van der Waals surface area contributed by atoms with Gasteiger partial charge in [-0.1, -0.05) is 24.3 Å². The molecule has 0 atom stereocenters. The molecule has 2 aromatic rings. The number of aryl methyl sites for hydroxylation is 1. The maximum Gasteiger partial charge on any atom is 0.416 e. The Morgan fingerprint density at radius 2 is 1.92 bits per heavy atom. The fourth-order valence-corrected chi connectivity index (χ4v) is 3.92. The van der Waals surface area contributed by atoms with Crippen LogP contribution in [0, 0.1) is 0 Å². The first-order valence-corrected chi connectivity index (χ1v) is 8.77. The Hall–Kier alpha value is -2.01. The van der Waals surface area contributed by atoms with Gasteiger partial charge in [0.15, 0.2) is 0 Å². The molecule has 2 aromatic carbocycles. The molecule has 0 saturated carbocycles. The van der Waals surface area contributed by atoms with Crippen LogP contribution in [0.2, 0.25) is 0 Å². The van der Waals surface area contributed by atoms with Crippen LogP contribution in [-0.4, -0.2) is 18.0 Å². The zero-order chi connectivity index (χ0) is 17.4. The fourth-order valence-electron chi connectivity index (χ4n) is 3.92. The lowest BCUT2D eigenvalue weighted by Gasteiger charge is -2.31. The van der Waals surface area contributed by atoms with Gasteiger partial charge in [-0.15, -0.1) is 0 Å². The second-order valence-electron chi connectivity index (χ2n) is 6.92. The van der Waals surface area contributed by atoms with Crippen molar-refractivity contribution in [1.82, 2.24) is 4.90 Å². The Labute approximate surface area is 145 Å². The molecule has 0 amide bonds. The molecule has 0 aromatic heterocycles. The summed E-state index contributed by atoms with van der Waals surface area (Å²) < 4.78 is 39.9. The van der Waals surface area contributed by atoms with Gasteiger partial charge in [-0.25, -0.2) is 0 Å². The van der Waals surface area contributed by atoms with Crippen LogP contribution in [0.1, 0.15) is 34.2 Å². The van der Waals surface area contributed by atoms with E-state index < -0.39 is 11.7 Å². The minimum absolute atomic E-state index is 0.361. The van der Waals surface area contributed by atoms with Crippen molar-refractivity contribution in [1.29, 1.82) is 0 Å². The Kier molecular flexibility index (Phi) is 4.20. The average molecular weight is 346 g/mol. The summed E-state index contributed by atoms with van der Waals surface area (Å²) in [7, 11) is 0. The monoisotopic (exact) mass is 346 g/mol. The van der Waals surface area contributed by atoms with Crippen molar-refractivity contribution in [2.24, 2.45) is 0 Å². The zero-order valence-corrected chi connectivity index (χ0v) is 14.0. The first-order valence-electron chi connectivity index (χ1n) is 8.77. The first-order chi connectivity index (χ1) is 12.0. The molecule has 0 spiro atoms. The number of fused-ring (bicyclic) bond motifs is 2. The molecule has 25 heavy (non-hydrogen) atoms. The minimum Gasteiger partial charge on any atom is -0.385 e. The second-order valence-corrected chi connectivity index (χ2v) is 6.92. The number of hydrogen-bond acceptors (Lipinski definition) is 2. The van der Waals surface area contributed by atoms with Crippen molar-refractivity contribution < 1.29 is 13.2 Å². The number of halogens is 3. The van der Waals surface area contributed by atoms with Gasteiger partial charge in [-0.3, -0.25) is 4.90 Å². The smallest absolute Gasteiger partial charge is 0.385 e. The molecule has 0 unspecified atom stereocenters. The highest BCUT2D eigenvalue weighted by molar-refractivity contribution is 5.54. The molecule has 2 heterocycles. The summed E-state index contributed by atoms with van der Waals surface area (Å²) in [5.41, 5.74) is 4.48. The number of nitrogens with one attached hydrogen (secondary N) is 1. The standard InChI is InChI=1S/C20H21F3N2/c21-20(22,23)18-5-1-3-15-8-10-25(13-17(15)18)12-14-6-7-19-16(11-14)4-2-9-24-19/h1,3,5-7,11,24H,2,4,8-10,12-13H2. The van der Waals surface area contributed by atoms with Crippen molar-refractivity contribution in [3.63, 3.8) is 0 Å². The van der Waals surface area contributed by atoms with Crippen molar-refractivity contribution in [2.45, 2.75) is 38.5 Å². The highest BCUT2D eigenvalue weighted by Crippen LogP contribution is 2.36. The molecular formula is C20H21F3N2. The fraction of sp³-hybridized carbons (Fsp3) is 0.400. The van der Waals surface area contributed by atoms with Gasteiger partial charge < -0.3 is 5.32 Å². The zero-order valence-electron chi connectivity index (χ0n) is 14.0. The van der Waals surface area contributed by atoms with Gasteiger partial charge in [-0.05, 0) is 53.6 Å². The van der Waals surface area contributed by atoms with Gasteiger partial charge in [0.2, 0.25) is 0 Å².